The van der Waals surface area contributed by atoms with Crippen LogP contribution < -0.4 is 37.3 Å². The van der Waals surface area contributed by atoms with Crippen molar-refractivity contribution < 1.29 is 19.6 Å². The third-order valence-electron chi connectivity index (χ3n) is 11.0. The topological polar surface area (TPSA) is 3.88 Å². The number of hydrogen-bond donors (Lipinski definition) is 0. The van der Waals surface area contributed by atoms with Gasteiger partial charge in [-0.1, -0.05) is 197 Å². The highest BCUT2D eigenvalue weighted by Gasteiger charge is 2.41. The standard InChI is InChI=1S/C52H52B2N/c1-34-30-47-48(32-44(34)49-31-39(24-25-55(49)9)33-52(6,7)8)54(51-37(4)28-43(29-38(51)5)41-20-14-11-15-21-41)46-23-17-16-22-45(46)53(47)50-35(2)26-42(27-36(50)3)40-18-12-10-13-19-40/h10-32H,33H2,1-9H3/q+1/i2D3,4D3,5D3,33D2. The number of rotatable bonds is 6. The number of aryl methyl sites for hydroxylation is 6. The van der Waals surface area contributed by atoms with E-state index in [4.69, 9.17) is 12.3 Å². The fourth-order valence-electron chi connectivity index (χ4n) is 8.61. The fraction of sp³-hybridized carbons (Fsp3) is 0.212. The number of pyridine rings is 1. The molecule has 0 radical (unpaired) electrons. The van der Waals surface area contributed by atoms with Crippen LogP contribution in [0.2, 0.25) is 0 Å². The second-order valence-corrected chi connectivity index (χ2v) is 16.0. The van der Waals surface area contributed by atoms with Crippen molar-refractivity contribution in [3.05, 3.63) is 173 Å². The van der Waals surface area contributed by atoms with Crippen LogP contribution in [0.25, 0.3) is 33.5 Å². The Morgan fingerprint density at radius 1 is 0.527 bits per heavy atom. The largest absolute Gasteiger partial charge is 0.240 e. The Kier molecular flexibility index (Phi) is 6.69. The lowest BCUT2D eigenvalue weighted by Gasteiger charge is -2.35. The molecule has 1 aromatic heterocycles. The molecule has 0 spiro atoms. The summed E-state index contributed by atoms with van der Waals surface area (Å²) < 4.78 is 102. The summed E-state index contributed by atoms with van der Waals surface area (Å²) >= 11 is 0. The maximum atomic E-state index is 9.21. The van der Waals surface area contributed by atoms with E-state index in [0.29, 0.717) is 38.8 Å². The Morgan fingerprint density at radius 2 is 1.00 bits per heavy atom. The van der Waals surface area contributed by atoms with Crippen molar-refractivity contribution in [2.45, 2.75) is 61.5 Å². The Labute approximate surface area is 345 Å². The minimum absolute atomic E-state index is 0.0844. The van der Waals surface area contributed by atoms with Crippen LogP contribution in [-0.2, 0) is 13.4 Å². The smallest absolute Gasteiger partial charge is 0.201 e. The van der Waals surface area contributed by atoms with E-state index >= 15 is 0 Å². The first-order valence-corrected chi connectivity index (χ1v) is 19.0. The first-order chi connectivity index (χ1) is 30.8. The fourth-order valence-corrected chi connectivity index (χ4v) is 8.61. The lowest BCUT2D eigenvalue weighted by molar-refractivity contribution is -0.660. The molecule has 0 unspecified atom stereocenters. The first kappa shape index (κ1) is 25.6. The summed E-state index contributed by atoms with van der Waals surface area (Å²) in [6, 6.07) is 41.1. The van der Waals surface area contributed by atoms with Crippen molar-refractivity contribution in [1.29, 1.82) is 0 Å². The van der Waals surface area contributed by atoms with Crippen molar-refractivity contribution in [2.75, 3.05) is 0 Å². The van der Waals surface area contributed by atoms with Crippen LogP contribution >= 0.6 is 0 Å². The van der Waals surface area contributed by atoms with Crippen LogP contribution in [0.15, 0.2) is 140 Å². The number of benzene rings is 6. The van der Waals surface area contributed by atoms with Gasteiger partial charge >= 0.3 is 0 Å². The van der Waals surface area contributed by atoms with Gasteiger partial charge in [-0.15, -0.1) is 0 Å². The third-order valence-corrected chi connectivity index (χ3v) is 11.0. The van der Waals surface area contributed by atoms with Gasteiger partial charge in [-0.25, -0.2) is 4.57 Å². The summed E-state index contributed by atoms with van der Waals surface area (Å²) in [6.45, 7) is -0.144. The van der Waals surface area contributed by atoms with E-state index in [1.807, 2.05) is 162 Å². The number of fused-ring (bicyclic) bond motifs is 2. The van der Waals surface area contributed by atoms with Crippen LogP contribution in [0.3, 0.4) is 0 Å². The number of nitrogens with zero attached hydrogens (tertiary/aromatic N) is 1. The van der Waals surface area contributed by atoms with E-state index in [0.717, 1.165) is 38.7 Å². The summed E-state index contributed by atoms with van der Waals surface area (Å²) in [6.07, 6.45) is 0.119. The molecule has 0 bridgehead atoms. The van der Waals surface area contributed by atoms with Gasteiger partial charge < -0.3 is 0 Å². The SMILES string of the molecule is [2H]C([2H])([2H])c1cc(-c2ccccc2)cc(C)c1B1c2ccccc2B(c2c(C([2H])([2H])[2H])cc(-c3ccccc3)cc2C([2H])([2H])[2H])c2cc(-c3cc(C([2H])([2H])C(C)(C)C)cc[n+]3C)c(C)cc21. The summed E-state index contributed by atoms with van der Waals surface area (Å²) in [5.74, 6) is 0. The Hall–Kier alpha value is -5.40. The molecule has 0 fully saturated rings. The Morgan fingerprint density at radius 3 is 1.51 bits per heavy atom. The van der Waals surface area contributed by atoms with Gasteiger partial charge in [-0.2, -0.15) is 0 Å². The molecule has 0 aliphatic carbocycles. The quantitative estimate of drug-likeness (QED) is 0.121. The monoisotopic (exact) mass is 723 g/mol. The molecule has 55 heavy (non-hydrogen) atoms. The van der Waals surface area contributed by atoms with Crippen LogP contribution in [0.5, 0.6) is 0 Å². The lowest BCUT2D eigenvalue weighted by atomic mass is 9.20. The van der Waals surface area contributed by atoms with Crippen molar-refractivity contribution in [3.63, 3.8) is 0 Å². The number of aromatic nitrogens is 1. The van der Waals surface area contributed by atoms with E-state index < -0.39 is 45.8 Å². The highest BCUT2D eigenvalue weighted by molar-refractivity contribution is 7.11. The van der Waals surface area contributed by atoms with Crippen LogP contribution in [0.1, 0.15) is 69.2 Å². The summed E-state index contributed by atoms with van der Waals surface area (Å²) in [7, 11) is 1.89. The highest BCUT2D eigenvalue weighted by atomic mass is 14.9. The molecule has 0 atom stereocenters. The second kappa shape index (κ2) is 14.3. The van der Waals surface area contributed by atoms with Gasteiger partial charge in [-0.3, -0.25) is 0 Å². The Bertz CT molecular complexity index is 2950. The highest BCUT2D eigenvalue weighted by Crippen LogP contribution is 2.27. The molecule has 1 aliphatic heterocycles. The molecular weight excluding hydrogens is 660 g/mol. The normalized spacial score (nSPS) is 16.4. The van der Waals surface area contributed by atoms with Gasteiger partial charge in [-0.05, 0) is 79.6 Å². The summed E-state index contributed by atoms with van der Waals surface area (Å²) in [5, 5.41) is 0. The molecule has 6 aromatic carbocycles. The Balaban J connectivity index is 1.52. The minimum Gasteiger partial charge on any atom is -0.201 e. The number of hydrogen-bond acceptors (Lipinski definition) is 0. The zero-order valence-electron chi connectivity index (χ0n) is 43.4. The molecule has 270 valence electrons. The molecule has 1 aliphatic rings. The van der Waals surface area contributed by atoms with E-state index in [9.17, 15) is 2.74 Å². The second-order valence-electron chi connectivity index (χ2n) is 16.0. The first-order valence-electron chi connectivity index (χ1n) is 24.5. The summed E-state index contributed by atoms with van der Waals surface area (Å²) in [4.78, 5) is 0. The summed E-state index contributed by atoms with van der Waals surface area (Å²) in [5.41, 5.74) is 9.11. The average molecular weight is 724 g/mol. The predicted molar refractivity (Wildman–Crippen MR) is 239 cm³/mol. The van der Waals surface area contributed by atoms with Crippen molar-refractivity contribution in [2.24, 2.45) is 12.5 Å². The third kappa shape index (κ3) is 6.91. The van der Waals surface area contributed by atoms with Gasteiger partial charge in [0, 0.05) is 32.8 Å². The molecule has 3 heteroatoms. The van der Waals surface area contributed by atoms with Gasteiger partial charge in [0.25, 0.3) is 0 Å². The molecule has 0 amide bonds. The van der Waals surface area contributed by atoms with Gasteiger partial charge in [0.2, 0.25) is 19.1 Å². The molecule has 1 nitrogen and oxygen atoms in total. The van der Waals surface area contributed by atoms with Crippen molar-refractivity contribution in [3.8, 4) is 33.5 Å². The van der Waals surface area contributed by atoms with Crippen molar-refractivity contribution >= 4 is 46.2 Å². The average Bonchev–Trinajstić information content (AvgIpc) is 3.24. The van der Waals surface area contributed by atoms with E-state index in [1.54, 1.807) is 24.3 Å². The predicted octanol–water partition coefficient (Wildman–Crippen LogP) is 7.99. The zero-order valence-corrected chi connectivity index (χ0v) is 32.4. The lowest BCUT2D eigenvalue weighted by Crippen LogP contribution is -2.76. The van der Waals surface area contributed by atoms with Crippen LogP contribution in [0.4, 0.5) is 0 Å². The van der Waals surface area contributed by atoms with E-state index in [-0.39, 0.29) is 22.2 Å². The minimum atomic E-state index is -2.75. The molecular formula is C52H52B2N+. The van der Waals surface area contributed by atoms with Gasteiger partial charge in [0.15, 0.2) is 6.20 Å². The molecule has 0 saturated heterocycles. The van der Waals surface area contributed by atoms with Gasteiger partial charge in [0.1, 0.15) is 7.05 Å². The maximum Gasteiger partial charge on any atom is 0.240 e. The molecule has 8 rings (SSSR count). The van der Waals surface area contributed by atoms with E-state index in [1.165, 1.54) is 0 Å². The maximum absolute atomic E-state index is 9.21. The molecule has 2 heterocycles. The zero-order chi connectivity index (χ0) is 47.9. The molecule has 7 aromatic rings. The van der Waals surface area contributed by atoms with Crippen molar-refractivity contribution in [1.82, 2.24) is 0 Å². The molecule has 0 saturated carbocycles. The van der Waals surface area contributed by atoms with Gasteiger partial charge in [0.05, 0.1) is 0 Å². The van der Waals surface area contributed by atoms with Crippen LogP contribution in [-0.4, -0.2) is 13.4 Å². The molecule has 0 N–H and O–H groups in total. The van der Waals surface area contributed by atoms with E-state index in [2.05, 4.69) is 0 Å². The van der Waals surface area contributed by atoms with Crippen LogP contribution in [0, 0.1) is 39.8 Å².